The maximum Gasteiger partial charge on any atom is 0.0714 e. The molecule has 0 unspecified atom stereocenters. The van der Waals surface area contributed by atoms with Gasteiger partial charge in [-0.15, -0.1) is 0 Å². The molecule has 1 heteroatoms. The fraction of sp³-hybridized carbons (Fsp3) is 0.0175. The lowest BCUT2D eigenvalue weighted by molar-refractivity contribution is 0.769. The van der Waals surface area contributed by atoms with Crippen LogP contribution in [-0.4, -0.2) is 0 Å². The van der Waals surface area contributed by atoms with E-state index in [1.165, 1.54) is 82.9 Å². The Hall–Kier alpha value is -7.48. The van der Waals surface area contributed by atoms with E-state index in [0.717, 1.165) is 11.4 Å². The molecule has 58 heavy (non-hydrogen) atoms. The van der Waals surface area contributed by atoms with E-state index in [0.29, 0.717) is 0 Å². The van der Waals surface area contributed by atoms with Gasteiger partial charge >= 0.3 is 0 Å². The lowest BCUT2D eigenvalue weighted by Gasteiger charge is -2.35. The SMILES string of the molecule is c1ccc(-c2ccccc2-c2ccc(N(c3cccc4ccccc34)c3c4c(cc5ccccc35)C(c3ccccc3)(c3ccccc3)c3ccccc3-4)cc2)cc1. The molecule has 0 fully saturated rings. The van der Waals surface area contributed by atoms with E-state index in [2.05, 4.69) is 241 Å². The molecule has 0 bridgehead atoms. The second kappa shape index (κ2) is 13.9. The first-order valence-electron chi connectivity index (χ1n) is 20.1. The molecule has 0 spiro atoms. The Kier molecular flexibility index (Phi) is 8.12. The summed E-state index contributed by atoms with van der Waals surface area (Å²) in [5, 5.41) is 4.82. The molecule has 1 aliphatic rings. The van der Waals surface area contributed by atoms with Crippen molar-refractivity contribution in [2.24, 2.45) is 0 Å². The first-order valence-corrected chi connectivity index (χ1v) is 20.1. The van der Waals surface area contributed by atoms with Crippen molar-refractivity contribution in [3.63, 3.8) is 0 Å². The van der Waals surface area contributed by atoms with Crippen LogP contribution in [0.2, 0.25) is 0 Å². The van der Waals surface area contributed by atoms with Gasteiger partial charge in [-0.3, -0.25) is 0 Å². The maximum atomic E-state index is 2.54. The Morgan fingerprint density at radius 2 is 0.828 bits per heavy atom. The van der Waals surface area contributed by atoms with Crippen LogP contribution in [0.15, 0.2) is 237 Å². The molecule has 1 aliphatic carbocycles. The third kappa shape index (κ3) is 5.25. The molecule has 0 radical (unpaired) electrons. The first-order chi connectivity index (χ1) is 28.8. The molecule has 272 valence electrons. The molecule has 0 saturated carbocycles. The molecule has 10 aromatic rings. The fourth-order valence-electron chi connectivity index (χ4n) is 9.65. The minimum Gasteiger partial charge on any atom is -0.309 e. The van der Waals surface area contributed by atoms with E-state index >= 15 is 0 Å². The molecule has 0 amide bonds. The number of nitrogens with zero attached hydrogens (tertiary/aromatic N) is 1. The van der Waals surface area contributed by atoms with E-state index in [4.69, 9.17) is 0 Å². The minimum atomic E-state index is -0.539. The van der Waals surface area contributed by atoms with Gasteiger partial charge in [0.2, 0.25) is 0 Å². The van der Waals surface area contributed by atoms with Crippen LogP contribution in [0.1, 0.15) is 22.3 Å². The molecular formula is C57H39N. The van der Waals surface area contributed by atoms with Gasteiger partial charge in [-0.05, 0) is 85.1 Å². The number of fused-ring (bicyclic) bond motifs is 5. The Balaban J connectivity index is 1.24. The van der Waals surface area contributed by atoms with Crippen LogP contribution in [0.25, 0.3) is 54.9 Å². The second-order valence-electron chi connectivity index (χ2n) is 15.2. The Bertz CT molecular complexity index is 3050. The Morgan fingerprint density at radius 3 is 1.50 bits per heavy atom. The van der Waals surface area contributed by atoms with Crippen molar-refractivity contribution in [1.29, 1.82) is 0 Å². The van der Waals surface area contributed by atoms with Gasteiger partial charge in [-0.1, -0.05) is 212 Å². The summed E-state index contributed by atoms with van der Waals surface area (Å²) in [5.74, 6) is 0. The average molecular weight is 738 g/mol. The van der Waals surface area contributed by atoms with Crippen molar-refractivity contribution in [2.75, 3.05) is 4.90 Å². The number of benzene rings is 10. The zero-order valence-electron chi connectivity index (χ0n) is 32.0. The van der Waals surface area contributed by atoms with Crippen molar-refractivity contribution in [2.45, 2.75) is 5.41 Å². The lowest BCUT2D eigenvalue weighted by atomic mass is 9.67. The molecule has 0 saturated heterocycles. The van der Waals surface area contributed by atoms with Gasteiger partial charge < -0.3 is 4.90 Å². The quantitative estimate of drug-likeness (QED) is 0.157. The maximum absolute atomic E-state index is 2.54. The predicted molar refractivity (Wildman–Crippen MR) is 244 cm³/mol. The second-order valence-corrected chi connectivity index (χ2v) is 15.2. The molecule has 0 heterocycles. The van der Waals surface area contributed by atoms with Crippen LogP contribution < -0.4 is 4.90 Å². The van der Waals surface area contributed by atoms with Crippen LogP contribution in [0.5, 0.6) is 0 Å². The summed E-state index contributed by atoms with van der Waals surface area (Å²) >= 11 is 0. The van der Waals surface area contributed by atoms with Gasteiger partial charge in [0, 0.05) is 22.0 Å². The molecular weight excluding hydrogens is 699 g/mol. The highest BCUT2D eigenvalue weighted by molar-refractivity contribution is 6.13. The van der Waals surface area contributed by atoms with E-state index in [1.807, 2.05) is 0 Å². The molecule has 0 aliphatic heterocycles. The smallest absolute Gasteiger partial charge is 0.0714 e. The summed E-state index contributed by atoms with van der Waals surface area (Å²) in [6.07, 6.45) is 0. The van der Waals surface area contributed by atoms with Gasteiger partial charge in [0.15, 0.2) is 0 Å². The van der Waals surface area contributed by atoms with Crippen molar-refractivity contribution in [3.05, 3.63) is 259 Å². The number of hydrogen-bond acceptors (Lipinski definition) is 1. The van der Waals surface area contributed by atoms with Crippen molar-refractivity contribution in [1.82, 2.24) is 0 Å². The number of hydrogen-bond donors (Lipinski definition) is 0. The summed E-state index contributed by atoms with van der Waals surface area (Å²) in [5.41, 5.74) is 15.3. The average Bonchev–Trinajstić information content (AvgIpc) is 3.60. The summed E-state index contributed by atoms with van der Waals surface area (Å²) in [6, 6.07) is 86.9. The third-order valence-electron chi connectivity index (χ3n) is 12.1. The molecule has 0 N–H and O–H groups in total. The monoisotopic (exact) mass is 737 g/mol. The summed E-state index contributed by atoms with van der Waals surface area (Å²) in [4.78, 5) is 2.54. The van der Waals surface area contributed by atoms with Gasteiger partial charge in [0.25, 0.3) is 0 Å². The Labute approximate surface area is 339 Å². The van der Waals surface area contributed by atoms with Crippen molar-refractivity contribution >= 4 is 38.6 Å². The highest BCUT2D eigenvalue weighted by atomic mass is 15.1. The standard InChI is InChI=1S/C57H39N/c1-4-19-40(20-5-1)47-28-14-15-29-48(47)42-35-37-46(38-36-42)58(54-34-18-23-41-21-10-12-30-49(41)54)56-50-31-13-11-22-43(50)39-53-55(56)51-32-16-17-33-52(51)57(53,44-24-6-2-7-25-44)45-26-8-3-9-27-45/h1-39H. The van der Waals surface area contributed by atoms with E-state index in [1.54, 1.807) is 0 Å². The fourth-order valence-corrected chi connectivity index (χ4v) is 9.65. The molecule has 1 nitrogen and oxygen atoms in total. The summed E-state index contributed by atoms with van der Waals surface area (Å²) < 4.78 is 0. The van der Waals surface area contributed by atoms with Crippen LogP contribution in [0.3, 0.4) is 0 Å². The predicted octanol–water partition coefficient (Wildman–Crippen LogP) is 15.2. The zero-order valence-corrected chi connectivity index (χ0v) is 32.0. The zero-order chi connectivity index (χ0) is 38.5. The largest absolute Gasteiger partial charge is 0.309 e. The molecule has 0 atom stereocenters. The van der Waals surface area contributed by atoms with E-state index < -0.39 is 5.41 Å². The van der Waals surface area contributed by atoms with Crippen LogP contribution >= 0.6 is 0 Å². The lowest BCUT2D eigenvalue weighted by Crippen LogP contribution is -2.28. The highest BCUT2D eigenvalue weighted by Crippen LogP contribution is 2.61. The minimum absolute atomic E-state index is 0.539. The number of anilines is 3. The topological polar surface area (TPSA) is 3.24 Å². The van der Waals surface area contributed by atoms with E-state index in [-0.39, 0.29) is 0 Å². The third-order valence-corrected chi connectivity index (χ3v) is 12.1. The van der Waals surface area contributed by atoms with Gasteiger partial charge in [0.1, 0.15) is 0 Å². The van der Waals surface area contributed by atoms with Crippen molar-refractivity contribution in [3.8, 4) is 33.4 Å². The van der Waals surface area contributed by atoms with Gasteiger partial charge in [-0.25, -0.2) is 0 Å². The summed E-state index contributed by atoms with van der Waals surface area (Å²) in [6.45, 7) is 0. The molecule has 11 rings (SSSR count). The van der Waals surface area contributed by atoms with Gasteiger partial charge in [-0.2, -0.15) is 0 Å². The number of rotatable bonds is 7. The van der Waals surface area contributed by atoms with E-state index in [9.17, 15) is 0 Å². The Morgan fingerprint density at radius 1 is 0.328 bits per heavy atom. The van der Waals surface area contributed by atoms with Crippen molar-refractivity contribution < 1.29 is 0 Å². The van der Waals surface area contributed by atoms with Gasteiger partial charge in [0.05, 0.1) is 16.8 Å². The highest BCUT2D eigenvalue weighted by Gasteiger charge is 2.48. The normalized spacial score (nSPS) is 12.6. The van der Waals surface area contributed by atoms with Crippen LogP contribution in [0, 0.1) is 0 Å². The van der Waals surface area contributed by atoms with Crippen LogP contribution in [-0.2, 0) is 5.41 Å². The molecule has 0 aromatic heterocycles. The first kappa shape index (κ1) is 33.8. The van der Waals surface area contributed by atoms with Crippen LogP contribution in [0.4, 0.5) is 17.1 Å². The summed E-state index contributed by atoms with van der Waals surface area (Å²) in [7, 11) is 0. The molecule has 10 aromatic carbocycles.